The minimum atomic E-state index is -0.104. The number of anilines is 3. The van der Waals surface area contributed by atoms with Gasteiger partial charge in [0, 0.05) is 22.4 Å². The van der Waals surface area contributed by atoms with Gasteiger partial charge >= 0.3 is 0 Å². The highest BCUT2D eigenvalue weighted by Crippen LogP contribution is 2.52. The van der Waals surface area contributed by atoms with E-state index in [1.807, 2.05) is 0 Å². The second kappa shape index (κ2) is 12.6. The molecule has 0 heterocycles. The van der Waals surface area contributed by atoms with E-state index in [4.69, 9.17) is 0 Å². The van der Waals surface area contributed by atoms with Crippen LogP contribution in [0, 0.1) is 0 Å². The Bertz CT molecular complexity index is 2640. The fraction of sp³-hybridized carbons (Fsp3) is 0.154. The van der Waals surface area contributed by atoms with E-state index in [9.17, 15) is 0 Å². The molecule has 0 aromatic heterocycles. The van der Waals surface area contributed by atoms with Gasteiger partial charge in [0.25, 0.3) is 0 Å². The fourth-order valence-electron chi connectivity index (χ4n) is 9.36. The summed E-state index contributed by atoms with van der Waals surface area (Å²) in [5.41, 5.74) is 15.3. The minimum absolute atomic E-state index is 0.104. The Morgan fingerprint density at radius 2 is 1.08 bits per heavy atom. The Morgan fingerprint density at radius 3 is 1.87 bits per heavy atom. The average Bonchev–Trinajstić information content (AvgIpc) is 3.83. The first kappa shape index (κ1) is 31.8. The second-order valence-corrected chi connectivity index (χ2v) is 15.6. The maximum atomic E-state index is 2.49. The van der Waals surface area contributed by atoms with Gasteiger partial charge in [-0.2, -0.15) is 0 Å². The SMILES string of the molecule is CC1(C)c2ccccc2-c2ccc(N(c3ccc(-c4ccc(C5CCCC5)cc4)cc3)c3ccc4ccccc4c3-c3ccc4ccccc4c3)cc21. The highest BCUT2D eigenvalue weighted by Gasteiger charge is 2.36. The molecule has 0 atom stereocenters. The third-order valence-corrected chi connectivity index (χ3v) is 12.2. The van der Waals surface area contributed by atoms with Gasteiger partial charge in [-0.25, -0.2) is 0 Å². The van der Waals surface area contributed by atoms with Gasteiger partial charge in [0.15, 0.2) is 0 Å². The molecule has 0 saturated heterocycles. The quantitative estimate of drug-likeness (QED) is 0.169. The summed E-state index contributed by atoms with van der Waals surface area (Å²) in [6.07, 6.45) is 5.37. The molecule has 0 N–H and O–H groups in total. The number of rotatable bonds is 6. The zero-order valence-electron chi connectivity index (χ0n) is 30.5. The van der Waals surface area contributed by atoms with Crippen molar-refractivity contribution in [2.75, 3.05) is 4.90 Å². The molecule has 256 valence electrons. The van der Waals surface area contributed by atoms with E-state index in [1.165, 1.54) is 103 Å². The molecule has 0 spiro atoms. The summed E-state index contributed by atoms with van der Waals surface area (Å²) in [5, 5.41) is 4.98. The van der Waals surface area contributed by atoms with E-state index in [0.29, 0.717) is 0 Å². The Morgan fingerprint density at radius 1 is 0.472 bits per heavy atom. The third kappa shape index (κ3) is 5.37. The van der Waals surface area contributed by atoms with E-state index < -0.39 is 0 Å². The van der Waals surface area contributed by atoms with Crippen molar-refractivity contribution in [2.24, 2.45) is 0 Å². The van der Waals surface area contributed by atoms with Crippen LogP contribution in [0.3, 0.4) is 0 Å². The van der Waals surface area contributed by atoms with Gasteiger partial charge < -0.3 is 4.90 Å². The van der Waals surface area contributed by atoms with Crippen LogP contribution in [0.4, 0.5) is 17.1 Å². The zero-order chi connectivity index (χ0) is 35.5. The Labute approximate surface area is 313 Å². The lowest BCUT2D eigenvalue weighted by atomic mass is 9.82. The summed E-state index contributed by atoms with van der Waals surface area (Å²) in [5.74, 6) is 0.726. The topological polar surface area (TPSA) is 3.24 Å². The Hall–Kier alpha value is -5.92. The minimum Gasteiger partial charge on any atom is -0.310 e. The fourth-order valence-corrected chi connectivity index (χ4v) is 9.36. The first-order valence-corrected chi connectivity index (χ1v) is 19.3. The van der Waals surface area contributed by atoms with Crippen LogP contribution < -0.4 is 4.90 Å². The molecular formula is C52H43N. The number of fused-ring (bicyclic) bond motifs is 5. The maximum Gasteiger partial charge on any atom is 0.0546 e. The van der Waals surface area contributed by atoms with E-state index in [2.05, 4.69) is 189 Å². The Balaban J connectivity index is 1.16. The van der Waals surface area contributed by atoms with Gasteiger partial charge in [0.05, 0.1) is 5.69 Å². The second-order valence-electron chi connectivity index (χ2n) is 15.6. The van der Waals surface area contributed by atoms with Crippen LogP contribution in [0.5, 0.6) is 0 Å². The third-order valence-electron chi connectivity index (χ3n) is 12.2. The first-order chi connectivity index (χ1) is 26.0. The van der Waals surface area contributed by atoms with Crippen LogP contribution in [0.25, 0.3) is 54.9 Å². The maximum absolute atomic E-state index is 2.49. The molecule has 10 rings (SSSR count). The summed E-state index contributed by atoms with van der Waals surface area (Å²) >= 11 is 0. The number of hydrogen-bond acceptors (Lipinski definition) is 1. The highest BCUT2D eigenvalue weighted by atomic mass is 15.1. The van der Waals surface area contributed by atoms with Crippen molar-refractivity contribution in [3.05, 3.63) is 187 Å². The summed E-state index contributed by atoms with van der Waals surface area (Å²) in [4.78, 5) is 2.49. The predicted octanol–water partition coefficient (Wildman–Crippen LogP) is 14.8. The van der Waals surface area contributed by atoms with Gasteiger partial charge in [-0.05, 0) is 121 Å². The van der Waals surface area contributed by atoms with Crippen LogP contribution in [-0.2, 0) is 5.41 Å². The van der Waals surface area contributed by atoms with Crippen molar-refractivity contribution < 1.29 is 0 Å². The Kier molecular flexibility index (Phi) is 7.58. The predicted molar refractivity (Wildman–Crippen MR) is 226 cm³/mol. The lowest BCUT2D eigenvalue weighted by Gasteiger charge is -2.30. The van der Waals surface area contributed by atoms with Gasteiger partial charge in [0.2, 0.25) is 0 Å². The molecule has 2 aliphatic carbocycles. The van der Waals surface area contributed by atoms with Crippen LogP contribution in [0.1, 0.15) is 62.1 Å². The molecule has 53 heavy (non-hydrogen) atoms. The zero-order valence-corrected chi connectivity index (χ0v) is 30.5. The van der Waals surface area contributed by atoms with Gasteiger partial charge in [-0.15, -0.1) is 0 Å². The van der Waals surface area contributed by atoms with E-state index in [-0.39, 0.29) is 5.41 Å². The van der Waals surface area contributed by atoms with Crippen LogP contribution >= 0.6 is 0 Å². The van der Waals surface area contributed by atoms with Gasteiger partial charge in [0.1, 0.15) is 0 Å². The number of nitrogens with zero attached hydrogens (tertiary/aromatic N) is 1. The van der Waals surface area contributed by atoms with Crippen LogP contribution in [0.15, 0.2) is 170 Å². The monoisotopic (exact) mass is 681 g/mol. The molecule has 0 bridgehead atoms. The van der Waals surface area contributed by atoms with Crippen LogP contribution in [0.2, 0.25) is 0 Å². The van der Waals surface area contributed by atoms with E-state index in [1.54, 1.807) is 0 Å². The molecule has 0 amide bonds. The summed E-state index contributed by atoms with van der Waals surface area (Å²) in [7, 11) is 0. The van der Waals surface area contributed by atoms with E-state index >= 15 is 0 Å². The van der Waals surface area contributed by atoms with E-state index in [0.717, 1.165) is 17.3 Å². The molecule has 0 unspecified atom stereocenters. The highest BCUT2D eigenvalue weighted by molar-refractivity contribution is 6.07. The number of benzene rings is 8. The van der Waals surface area contributed by atoms with Crippen molar-refractivity contribution in [1.29, 1.82) is 0 Å². The smallest absolute Gasteiger partial charge is 0.0546 e. The average molecular weight is 682 g/mol. The number of hydrogen-bond donors (Lipinski definition) is 0. The van der Waals surface area contributed by atoms with Crippen molar-refractivity contribution in [1.82, 2.24) is 0 Å². The summed E-state index contributed by atoms with van der Waals surface area (Å²) in [6.45, 7) is 4.74. The molecule has 1 fully saturated rings. The molecular weight excluding hydrogens is 639 g/mol. The molecule has 1 heteroatoms. The van der Waals surface area contributed by atoms with Crippen LogP contribution in [-0.4, -0.2) is 0 Å². The molecule has 0 aliphatic heterocycles. The molecule has 8 aromatic carbocycles. The molecule has 8 aromatic rings. The molecule has 1 saturated carbocycles. The molecule has 2 aliphatic rings. The first-order valence-electron chi connectivity index (χ1n) is 19.3. The van der Waals surface area contributed by atoms with Crippen molar-refractivity contribution in [3.63, 3.8) is 0 Å². The standard InChI is InChI=1S/C52H43N/c1-52(2)48-18-10-9-17-46(48)47-31-30-44(34-49(47)52)53(43-28-25-39(26-29-43)38-21-19-37(20-22-38)35-11-3-4-12-35)50-32-27-40-14-7-8-16-45(40)51(50)42-24-23-36-13-5-6-15-41(36)33-42/h5-10,13-35H,3-4,11-12H2,1-2H3. The van der Waals surface area contributed by atoms with Crippen molar-refractivity contribution >= 4 is 38.6 Å². The van der Waals surface area contributed by atoms with Gasteiger partial charge in [-0.3, -0.25) is 0 Å². The molecule has 0 radical (unpaired) electrons. The molecule has 1 nitrogen and oxygen atoms in total. The lowest BCUT2D eigenvalue weighted by Crippen LogP contribution is -2.17. The van der Waals surface area contributed by atoms with Gasteiger partial charge in [-0.1, -0.05) is 160 Å². The largest absolute Gasteiger partial charge is 0.310 e. The van der Waals surface area contributed by atoms with Crippen molar-refractivity contribution in [2.45, 2.75) is 50.9 Å². The summed E-state index contributed by atoms with van der Waals surface area (Å²) < 4.78 is 0. The van der Waals surface area contributed by atoms with Crippen molar-refractivity contribution in [3.8, 4) is 33.4 Å². The summed E-state index contributed by atoms with van der Waals surface area (Å²) in [6, 6.07) is 63.7. The lowest BCUT2D eigenvalue weighted by molar-refractivity contribution is 0.660. The normalized spacial score (nSPS) is 14.8.